The maximum atomic E-state index is 14.1. The predicted octanol–water partition coefficient (Wildman–Crippen LogP) is 6.30. The summed E-state index contributed by atoms with van der Waals surface area (Å²) in [5, 5.41) is 6.74. The van der Waals surface area contributed by atoms with Gasteiger partial charge in [0.2, 0.25) is 0 Å². The zero-order chi connectivity index (χ0) is 21.7. The van der Waals surface area contributed by atoms with E-state index in [9.17, 15) is 4.79 Å². The van der Waals surface area contributed by atoms with Crippen molar-refractivity contribution in [1.82, 2.24) is 0 Å². The van der Waals surface area contributed by atoms with Crippen LogP contribution in [0.25, 0.3) is 0 Å². The molecule has 0 aliphatic rings. The van der Waals surface area contributed by atoms with Gasteiger partial charge >= 0.3 is 0 Å². The number of amides is 1. The summed E-state index contributed by atoms with van der Waals surface area (Å²) >= 11 is 0. The maximum Gasteiger partial charge on any atom is 0.259 e. The lowest BCUT2D eigenvalue weighted by molar-refractivity contribution is -0.119. The number of carbonyl (C=O) groups excluding carboxylic acids is 1. The van der Waals surface area contributed by atoms with Crippen molar-refractivity contribution >= 4 is 17.3 Å². The highest BCUT2D eigenvalue weighted by Crippen LogP contribution is 2.35. The minimum atomic E-state index is -1.11. The number of carbonyl (C=O) groups is 1. The zero-order valence-electron chi connectivity index (χ0n) is 17.8. The molecular weight excluding hydrogens is 380 g/mol. The van der Waals surface area contributed by atoms with Gasteiger partial charge in [-0.25, -0.2) is 0 Å². The van der Waals surface area contributed by atoms with Crippen LogP contribution in [0.2, 0.25) is 0 Å². The van der Waals surface area contributed by atoms with Crippen LogP contribution in [0.4, 0.5) is 11.4 Å². The topological polar surface area (TPSA) is 41.1 Å². The lowest BCUT2D eigenvalue weighted by Crippen LogP contribution is -2.48. The van der Waals surface area contributed by atoms with Gasteiger partial charge in [-0.3, -0.25) is 4.79 Å². The Morgan fingerprint density at radius 1 is 0.613 bits per heavy atom. The molecule has 4 aromatic carbocycles. The van der Waals surface area contributed by atoms with Crippen molar-refractivity contribution < 1.29 is 4.79 Å². The van der Waals surface area contributed by atoms with E-state index in [-0.39, 0.29) is 5.91 Å². The van der Waals surface area contributed by atoms with E-state index in [4.69, 9.17) is 0 Å². The number of nitrogens with one attached hydrogen (secondary N) is 2. The minimum absolute atomic E-state index is 0.142. The van der Waals surface area contributed by atoms with Crippen LogP contribution in [0.3, 0.4) is 0 Å². The number of benzene rings is 4. The molecule has 4 rings (SSSR count). The van der Waals surface area contributed by atoms with Gasteiger partial charge in [-0.05, 0) is 60.4 Å². The van der Waals surface area contributed by atoms with Crippen LogP contribution in [0.5, 0.6) is 0 Å². The molecule has 3 heteroatoms. The molecule has 0 aliphatic carbocycles. The average molecular weight is 407 g/mol. The largest absolute Gasteiger partial charge is 0.364 e. The van der Waals surface area contributed by atoms with Gasteiger partial charge in [0.15, 0.2) is 5.54 Å². The Kier molecular flexibility index (Phi) is 5.85. The van der Waals surface area contributed by atoms with Crippen molar-refractivity contribution in [2.45, 2.75) is 19.4 Å². The van der Waals surface area contributed by atoms with Gasteiger partial charge in [0.25, 0.3) is 5.91 Å². The van der Waals surface area contributed by atoms with Gasteiger partial charge in [-0.15, -0.1) is 0 Å². The molecule has 0 radical (unpaired) electrons. The van der Waals surface area contributed by atoms with E-state index in [1.54, 1.807) is 0 Å². The highest BCUT2D eigenvalue weighted by molar-refractivity contribution is 6.03. The second-order valence-corrected chi connectivity index (χ2v) is 7.80. The third-order valence-electron chi connectivity index (χ3n) is 5.38. The van der Waals surface area contributed by atoms with E-state index in [1.807, 2.05) is 117 Å². The molecule has 3 nitrogen and oxygen atoms in total. The highest BCUT2D eigenvalue weighted by Gasteiger charge is 2.42. The molecular formula is C28H26N2O. The molecule has 0 fully saturated rings. The first-order valence-electron chi connectivity index (χ1n) is 10.4. The van der Waals surface area contributed by atoms with Crippen molar-refractivity contribution in [2.24, 2.45) is 0 Å². The van der Waals surface area contributed by atoms with Crippen LogP contribution >= 0.6 is 0 Å². The monoisotopic (exact) mass is 406 g/mol. The summed E-state index contributed by atoms with van der Waals surface area (Å²) < 4.78 is 0. The SMILES string of the molecule is Cc1cccc(NC(=O)C(Nc2cccc(C)c2)(c2ccccc2)c2ccccc2)c1. The third kappa shape index (κ3) is 4.36. The highest BCUT2D eigenvalue weighted by atomic mass is 16.2. The number of anilines is 2. The molecule has 0 bridgehead atoms. The molecule has 31 heavy (non-hydrogen) atoms. The van der Waals surface area contributed by atoms with Crippen molar-refractivity contribution in [3.05, 3.63) is 131 Å². The Bertz CT molecular complexity index is 1130. The van der Waals surface area contributed by atoms with Gasteiger partial charge in [0, 0.05) is 11.4 Å². The standard InChI is InChI=1S/C28H26N2O/c1-21-11-9-17-25(19-21)29-27(31)28(23-13-5-3-6-14-23,24-15-7-4-8-16-24)30-26-18-10-12-22(2)20-26/h3-20,30H,1-2H3,(H,29,31). The maximum absolute atomic E-state index is 14.1. The van der Waals surface area contributed by atoms with Crippen LogP contribution in [-0.2, 0) is 10.3 Å². The molecule has 0 saturated heterocycles. The fourth-order valence-corrected chi connectivity index (χ4v) is 3.89. The smallest absolute Gasteiger partial charge is 0.259 e. The molecule has 4 aromatic rings. The lowest BCUT2D eigenvalue weighted by Gasteiger charge is -2.35. The molecule has 0 unspecified atom stereocenters. The van der Waals surface area contributed by atoms with Crippen LogP contribution in [0, 0.1) is 13.8 Å². The van der Waals surface area contributed by atoms with E-state index >= 15 is 0 Å². The Balaban J connectivity index is 1.89. The Morgan fingerprint density at radius 2 is 1.10 bits per heavy atom. The first-order chi connectivity index (χ1) is 15.1. The van der Waals surface area contributed by atoms with Crippen LogP contribution in [0.1, 0.15) is 22.3 Å². The summed E-state index contributed by atoms with van der Waals surface area (Å²) in [7, 11) is 0. The summed E-state index contributed by atoms with van der Waals surface area (Å²) in [5.41, 5.74) is 4.49. The van der Waals surface area contributed by atoms with Gasteiger partial charge in [0.1, 0.15) is 0 Å². The Labute approximate surface area is 183 Å². The lowest BCUT2D eigenvalue weighted by atomic mass is 9.81. The van der Waals surface area contributed by atoms with Crippen molar-refractivity contribution in [3.63, 3.8) is 0 Å². The van der Waals surface area contributed by atoms with E-state index in [0.717, 1.165) is 33.6 Å². The fraction of sp³-hybridized carbons (Fsp3) is 0.107. The molecule has 0 heterocycles. The summed E-state index contributed by atoms with van der Waals surface area (Å²) in [6.07, 6.45) is 0. The Morgan fingerprint density at radius 3 is 1.61 bits per heavy atom. The zero-order valence-corrected chi connectivity index (χ0v) is 17.8. The molecule has 0 spiro atoms. The van der Waals surface area contributed by atoms with E-state index in [1.165, 1.54) is 0 Å². The van der Waals surface area contributed by atoms with E-state index < -0.39 is 5.54 Å². The van der Waals surface area contributed by atoms with Gasteiger partial charge in [-0.1, -0.05) is 84.9 Å². The average Bonchev–Trinajstić information content (AvgIpc) is 2.79. The van der Waals surface area contributed by atoms with Crippen molar-refractivity contribution in [2.75, 3.05) is 10.6 Å². The number of rotatable bonds is 6. The van der Waals surface area contributed by atoms with Gasteiger partial charge in [-0.2, -0.15) is 0 Å². The van der Waals surface area contributed by atoms with Gasteiger partial charge in [0.05, 0.1) is 0 Å². The molecule has 0 aromatic heterocycles. The van der Waals surface area contributed by atoms with Crippen LogP contribution < -0.4 is 10.6 Å². The summed E-state index contributed by atoms with van der Waals surface area (Å²) in [6, 6.07) is 35.7. The molecule has 0 saturated carbocycles. The first-order valence-corrected chi connectivity index (χ1v) is 10.4. The molecule has 0 aliphatic heterocycles. The number of hydrogen-bond acceptors (Lipinski definition) is 2. The molecule has 1 amide bonds. The van der Waals surface area contributed by atoms with Gasteiger partial charge < -0.3 is 10.6 Å². The van der Waals surface area contributed by atoms with Crippen LogP contribution in [0.15, 0.2) is 109 Å². The van der Waals surface area contributed by atoms with Crippen molar-refractivity contribution in [1.29, 1.82) is 0 Å². The molecule has 0 atom stereocenters. The minimum Gasteiger partial charge on any atom is -0.364 e. The van der Waals surface area contributed by atoms with Crippen LogP contribution in [-0.4, -0.2) is 5.91 Å². The second kappa shape index (κ2) is 8.88. The summed E-state index contributed by atoms with van der Waals surface area (Å²) in [5.74, 6) is -0.142. The number of aryl methyl sites for hydroxylation is 2. The first kappa shape index (κ1) is 20.4. The fourth-order valence-electron chi connectivity index (χ4n) is 3.89. The summed E-state index contributed by atoms with van der Waals surface area (Å²) in [6.45, 7) is 4.06. The summed E-state index contributed by atoms with van der Waals surface area (Å²) in [4.78, 5) is 14.1. The van der Waals surface area contributed by atoms with Crippen molar-refractivity contribution in [3.8, 4) is 0 Å². The van der Waals surface area contributed by atoms with E-state index in [0.29, 0.717) is 0 Å². The van der Waals surface area contributed by atoms with E-state index in [2.05, 4.69) is 16.7 Å². The second-order valence-electron chi connectivity index (χ2n) is 7.80. The Hall–Kier alpha value is -3.85. The molecule has 2 N–H and O–H groups in total. The third-order valence-corrected chi connectivity index (χ3v) is 5.38. The predicted molar refractivity (Wildman–Crippen MR) is 128 cm³/mol. The normalized spacial score (nSPS) is 11.0. The molecule has 154 valence electrons. The quantitative estimate of drug-likeness (QED) is 0.395. The number of hydrogen-bond donors (Lipinski definition) is 2.